The van der Waals surface area contributed by atoms with Crippen molar-refractivity contribution in [3.8, 4) is 6.07 Å². The summed E-state index contributed by atoms with van der Waals surface area (Å²) in [7, 11) is 0. The summed E-state index contributed by atoms with van der Waals surface area (Å²) in [4.78, 5) is 8.98. The number of aromatic nitrogens is 1. The molecule has 1 saturated heterocycles. The largest absolute Gasteiger partial charge is 0.384 e. The molecule has 0 atom stereocenters. The third-order valence-corrected chi connectivity index (χ3v) is 4.09. The Labute approximate surface area is 127 Å². The zero-order chi connectivity index (χ0) is 15.3. The summed E-state index contributed by atoms with van der Waals surface area (Å²) in [5.74, 6) is 0.567. The quantitative estimate of drug-likeness (QED) is 0.898. The Bertz CT molecular complexity index is 480. The van der Waals surface area contributed by atoms with E-state index in [4.69, 9.17) is 11.0 Å². The van der Waals surface area contributed by atoms with E-state index in [-0.39, 0.29) is 5.41 Å². The molecule has 0 spiro atoms. The second-order valence-electron chi connectivity index (χ2n) is 6.37. The standard InChI is InChI=1S/C16H25N5/c1-16(2,13-17)6-3-7-20-8-10-21(11-9-20)14-4-5-15(18)19-12-14/h4-5,12H,3,6-11H2,1-2H3,(H2,18,19). The van der Waals surface area contributed by atoms with E-state index in [1.54, 1.807) is 0 Å². The van der Waals surface area contributed by atoms with Crippen LogP contribution >= 0.6 is 0 Å². The van der Waals surface area contributed by atoms with Crippen LogP contribution in [0.4, 0.5) is 11.5 Å². The minimum atomic E-state index is -0.197. The summed E-state index contributed by atoms with van der Waals surface area (Å²) in [6, 6.07) is 6.26. The molecular weight excluding hydrogens is 262 g/mol. The van der Waals surface area contributed by atoms with Gasteiger partial charge in [-0.15, -0.1) is 0 Å². The van der Waals surface area contributed by atoms with Gasteiger partial charge in [-0.2, -0.15) is 5.26 Å². The molecule has 0 bridgehead atoms. The SMILES string of the molecule is CC(C)(C#N)CCCN1CCN(c2ccc(N)nc2)CC1. The Balaban J connectivity index is 1.74. The molecule has 5 heteroatoms. The molecule has 0 radical (unpaired) electrons. The number of nitrogens with two attached hydrogens (primary N) is 1. The maximum atomic E-state index is 9.03. The van der Waals surface area contributed by atoms with Crippen LogP contribution in [0.1, 0.15) is 26.7 Å². The minimum absolute atomic E-state index is 0.197. The van der Waals surface area contributed by atoms with Gasteiger partial charge in [-0.25, -0.2) is 4.98 Å². The van der Waals surface area contributed by atoms with Crippen LogP contribution in [0, 0.1) is 16.7 Å². The molecule has 1 aromatic rings. The number of piperazine rings is 1. The maximum Gasteiger partial charge on any atom is 0.123 e. The Morgan fingerprint density at radius 2 is 2.00 bits per heavy atom. The third kappa shape index (κ3) is 4.61. The number of nitrogens with zero attached hydrogens (tertiary/aromatic N) is 4. The Morgan fingerprint density at radius 3 is 2.57 bits per heavy atom. The fourth-order valence-corrected chi connectivity index (χ4v) is 2.61. The molecule has 0 saturated carbocycles. The molecule has 2 heterocycles. The molecular formula is C16H25N5. The molecule has 1 fully saturated rings. The number of pyridine rings is 1. The van der Waals surface area contributed by atoms with E-state index in [9.17, 15) is 0 Å². The molecule has 2 rings (SSSR count). The molecule has 1 aliphatic rings. The zero-order valence-electron chi connectivity index (χ0n) is 13.0. The molecule has 1 aromatic heterocycles. The average molecular weight is 287 g/mol. The summed E-state index contributed by atoms with van der Waals surface area (Å²) >= 11 is 0. The first kappa shape index (κ1) is 15.6. The molecule has 0 aromatic carbocycles. The van der Waals surface area contributed by atoms with E-state index >= 15 is 0 Å². The third-order valence-electron chi connectivity index (χ3n) is 4.09. The van der Waals surface area contributed by atoms with Crippen molar-refractivity contribution < 1.29 is 0 Å². The molecule has 114 valence electrons. The van der Waals surface area contributed by atoms with Crippen LogP contribution in [0.2, 0.25) is 0 Å². The Morgan fingerprint density at radius 1 is 1.29 bits per heavy atom. The van der Waals surface area contributed by atoms with Crippen molar-refractivity contribution >= 4 is 11.5 Å². The van der Waals surface area contributed by atoms with Gasteiger partial charge in [0, 0.05) is 26.2 Å². The highest BCUT2D eigenvalue weighted by atomic mass is 15.3. The van der Waals surface area contributed by atoms with E-state index < -0.39 is 0 Å². The van der Waals surface area contributed by atoms with Gasteiger partial charge in [0.2, 0.25) is 0 Å². The smallest absolute Gasteiger partial charge is 0.123 e. The van der Waals surface area contributed by atoms with Gasteiger partial charge >= 0.3 is 0 Å². The molecule has 0 unspecified atom stereocenters. The van der Waals surface area contributed by atoms with Gasteiger partial charge in [0.05, 0.1) is 23.4 Å². The zero-order valence-corrected chi connectivity index (χ0v) is 13.0. The van der Waals surface area contributed by atoms with Crippen LogP contribution in [-0.4, -0.2) is 42.6 Å². The van der Waals surface area contributed by atoms with E-state index in [0.717, 1.165) is 51.3 Å². The fraction of sp³-hybridized carbons (Fsp3) is 0.625. The Kier molecular flexibility index (Phi) is 5.03. The number of nitrogen functional groups attached to an aromatic ring is 1. The number of hydrogen-bond donors (Lipinski definition) is 1. The topological polar surface area (TPSA) is 69.2 Å². The predicted molar refractivity (Wildman–Crippen MR) is 85.9 cm³/mol. The number of rotatable bonds is 5. The van der Waals surface area contributed by atoms with E-state index in [2.05, 4.69) is 20.9 Å². The van der Waals surface area contributed by atoms with E-state index in [1.165, 1.54) is 0 Å². The van der Waals surface area contributed by atoms with Gasteiger partial charge in [-0.05, 0) is 45.4 Å². The first-order valence-corrected chi connectivity index (χ1v) is 7.60. The van der Waals surface area contributed by atoms with Gasteiger partial charge in [0.1, 0.15) is 5.82 Å². The lowest BCUT2D eigenvalue weighted by atomic mass is 9.90. The van der Waals surface area contributed by atoms with Gasteiger partial charge in [0.15, 0.2) is 0 Å². The fourth-order valence-electron chi connectivity index (χ4n) is 2.61. The predicted octanol–water partition coefficient (Wildman–Crippen LogP) is 2.12. The van der Waals surface area contributed by atoms with Crippen LogP contribution in [0.15, 0.2) is 18.3 Å². The maximum absolute atomic E-state index is 9.03. The lowest BCUT2D eigenvalue weighted by Crippen LogP contribution is -2.46. The van der Waals surface area contributed by atoms with Gasteiger partial charge < -0.3 is 10.6 Å². The summed E-state index contributed by atoms with van der Waals surface area (Å²) in [6.45, 7) is 9.28. The first-order valence-electron chi connectivity index (χ1n) is 7.60. The Hall–Kier alpha value is -1.80. The molecule has 1 aliphatic heterocycles. The average Bonchev–Trinajstić information content (AvgIpc) is 2.49. The van der Waals surface area contributed by atoms with Crippen molar-refractivity contribution in [2.45, 2.75) is 26.7 Å². The summed E-state index contributed by atoms with van der Waals surface area (Å²) in [5.41, 5.74) is 6.57. The van der Waals surface area contributed by atoms with Crippen molar-refractivity contribution in [2.24, 2.45) is 5.41 Å². The molecule has 5 nitrogen and oxygen atoms in total. The van der Waals surface area contributed by atoms with Crippen molar-refractivity contribution in [2.75, 3.05) is 43.4 Å². The van der Waals surface area contributed by atoms with Crippen molar-refractivity contribution in [3.05, 3.63) is 18.3 Å². The van der Waals surface area contributed by atoms with Gasteiger partial charge in [-0.1, -0.05) is 0 Å². The van der Waals surface area contributed by atoms with Crippen molar-refractivity contribution in [3.63, 3.8) is 0 Å². The molecule has 0 amide bonds. The van der Waals surface area contributed by atoms with Crippen LogP contribution in [0.5, 0.6) is 0 Å². The highest BCUT2D eigenvalue weighted by molar-refractivity contribution is 5.48. The highest BCUT2D eigenvalue weighted by Crippen LogP contribution is 2.21. The number of hydrogen-bond acceptors (Lipinski definition) is 5. The normalized spacial score (nSPS) is 16.7. The van der Waals surface area contributed by atoms with Crippen LogP contribution in [-0.2, 0) is 0 Å². The van der Waals surface area contributed by atoms with Crippen LogP contribution in [0.3, 0.4) is 0 Å². The van der Waals surface area contributed by atoms with Crippen molar-refractivity contribution in [1.82, 2.24) is 9.88 Å². The highest BCUT2D eigenvalue weighted by Gasteiger charge is 2.19. The monoisotopic (exact) mass is 287 g/mol. The van der Waals surface area contributed by atoms with Crippen molar-refractivity contribution in [1.29, 1.82) is 5.26 Å². The minimum Gasteiger partial charge on any atom is -0.384 e. The second-order valence-corrected chi connectivity index (χ2v) is 6.37. The lowest BCUT2D eigenvalue weighted by molar-refractivity contribution is 0.242. The van der Waals surface area contributed by atoms with E-state index in [1.807, 2.05) is 32.2 Å². The summed E-state index contributed by atoms with van der Waals surface area (Å²) < 4.78 is 0. The summed E-state index contributed by atoms with van der Waals surface area (Å²) in [6.07, 6.45) is 3.90. The second kappa shape index (κ2) is 6.77. The molecule has 21 heavy (non-hydrogen) atoms. The van der Waals surface area contributed by atoms with E-state index in [0.29, 0.717) is 5.82 Å². The lowest BCUT2D eigenvalue weighted by Gasteiger charge is -2.36. The molecule has 2 N–H and O–H groups in total. The summed E-state index contributed by atoms with van der Waals surface area (Å²) in [5, 5.41) is 9.03. The number of anilines is 2. The molecule has 0 aliphatic carbocycles. The van der Waals surface area contributed by atoms with Crippen LogP contribution in [0.25, 0.3) is 0 Å². The first-order chi connectivity index (χ1) is 10.00. The van der Waals surface area contributed by atoms with Crippen LogP contribution < -0.4 is 10.6 Å². The van der Waals surface area contributed by atoms with Gasteiger partial charge in [0.25, 0.3) is 0 Å². The van der Waals surface area contributed by atoms with Gasteiger partial charge in [-0.3, -0.25) is 4.90 Å². The number of nitriles is 1.